The van der Waals surface area contributed by atoms with E-state index in [2.05, 4.69) is 29.8 Å². The van der Waals surface area contributed by atoms with E-state index >= 15 is 0 Å². The first-order valence-corrected chi connectivity index (χ1v) is 8.22. The van der Waals surface area contributed by atoms with E-state index in [1.54, 1.807) is 0 Å². The number of hydrogen-bond donors (Lipinski definition) is 0. The first-order chi connectivity index (χ1) is 10.6. The van der Waals surface area contributed by atoms with Gasteiger partial charge >= 0.3 is 0 Å². The minimum atomic E-state index is 0.246. The molecule has 0 aliphatic carbocycles. The molecule has 1 amide bonds. The van der Waals surface area contributed by atoms with Gasteiger partial charge in [0.2, 0.25) is 5.91 Å². The van der Waals surface area contributed by atoms with Crippen molar-refractivity contribution >= 4 is 16.8 Å². The quantitative estimate of drug-likeness (QED) is 0.844. The molecule has 0 radical (unpaired) electrons. The Morgan fingerprint density at radius 2 is 2.05 bits per heavy atom. The number of para-hydroxylation sites is 1. The zero-order chi connectivity index (χ0) is 15.7. The summed E-state index contributed by atoms with van der Waals surface area (Å²) in [5.74, 6) is 0.246. The third-order valence-corrected chi connectivity index (χ3v) is 4.94. The number of nitrogens with zero attached hydrogens (tertiary/aromatic N) is 2. The van der Waals surface area contributed by atoms with Gasteiger partial charge in [0.25, 0.3) is 0 Å². The average Bonchev–Trinajstić information content (AvgIpc) is 2.51. The molecule has 1 aromatic heterocycles. The van der Waals surface area contributed by atoms with Gasteiger partial charge in [-0.1, -0.05) is 18.2 Å². The summed E-state index contributed by atoms with van der Waals surface area (Å²) in [6, 6.07) is 8.54. The van der Waals surface area contributed by atoms with Crippen molar-refractivity contribution in [2.45, 2.75) is 52.5 Å². The number of fused-ring (bicyclic) bond motifs is 1. The molecule has 0 saturated carbocycles. The summed E-state index contributed by atoms with van der Waals surface area (Å²) in [5.41, 5.74) is 4.29. The van der Waals surface area contributed by atoms with E-state index in [0.717, 1.165) is 41.5 Å². The number of rotatable bonds is 2. The summed E-state index contributed by atoms with van der Waals surface area (Å²) in [6.45, 7) is 7.19. The Morgan fingerprint density at radius 1 is 1.27 bits per heavy atom. The first kappa shape index (κ1) is 15.0. The minimum absolute atomic E-state index is 0.246. The van der Waals surface area contributed by atoms with Gasteiger partial charge in [0.05, 0.1) is 11.9 Å². The molecule has 1 fully saturated rings. The Balaban J connectivity index is 1.91. The van der Waals surface area contributed by atoms with Gasteiger partial charge in [0.15, 0.2) is 0 Å². The molecule has 22 heavy (non-hydrogen) atoms. The van der Waals surface area contributed by atoms with Crippen molar-refractivity contribution in [3.63, 3.8) is 0 Å². The standard InChI is InChI=1S/C19H24N2O/c1-13-8-6-7-11-21(13)19(22)12-17-14(2)16-9-4-5-10-18(16)20-15(17)3/h4-5,9-10,13H,6-8,11-12H2,1-3H3. The molecule has 1 aliphatic rings. The van der Waals surface area contributed by atoms with Gasteiger partial charge < -0.3 is 4.90 Å². The Kier molecular flexibility index (Phi) is 4.14. The van der Waals surface area contributed by atoms with Crippen LogP contribution in [0.1, 0.15) is 43.0 Å². The fraction of sp³-hybridized carbons (Fsp3) is 0.474. The van der Waals surface area contributed by atoms with E-state index in [0.29, 0.717) is 12.5 Å². The van der Waals surface area contributed by atoms with Crippen LogP contribution in [0.25, 0.3) is 10.9 Å². The van der Waals surface area contributed by atoms with Gasteiger partial charge in [-0.15, -0.1) is 0 Å². The molecule has 2 heterocycles. The zero-order valence-electron chi connectivity index (χ0n) is 13.7. The largest absolute Gasteiger partial charge is 0.340 e. The molecular weight excluding hydrogens is 272 g/mol. The van der Waals surface area contributed by atoms with Crippen molar-refractivity contribution in [2.24, 2.45) is 0 Å². The highest BCUT2D eigenvalue weighted by Crippen LogP contribution is 2.24. The summed E-state index contributed by atoms with van der Waals surface area (Å²) in [5, 5.41) is 1.16. The van der Waals surface area contributed by atoms with Crippen LogP contribution < -0.4 is 0 Å². The Bertz CT molecular complexity index is 708. The lowest BCUT2D eigenvalue weighted by Gasteiger charge is -2.33. The highest BCUT2D eigenvalue weighted by molar-refractivity contribution is 5.86. The third kappa shape index (κ3) is 2.72. The number of benzene rings is 1. The maximum absolute atomic E-state index is 12.7. The number of pyridine rings is 1. The fourth-order valence-corrected chi connectivity index (χ4v) is 3.55. The number of amides is 1. The van der Waals surface area contributed by atoms with Crippen LogP contribution in [-0.4, -0.2) is 28.4 Å². The summed E-state index contributed by atoms with van der Waals surface area (Å²) in [4.78, 5) is 19.5. The SMILES string of the molecule is Cc1nc2ccccc2c(C)c1CC(=O)N1CCCCC1C. The van der Waals surface area contributed by atoms with Gasteiger partial charge in [0, 0.05) is 23.7 Å². The van der Waals surface area contributed by atoms with E-state index in [9.17, 15) is 4.79 Å². The molecule has 116 valence electrons. The molecule has 3 nitrogen and oxygen atoms in total. The van der Waals surface area contributed by atoms with E-state index < -0.39 is 0 Å². The van der Waals surface area contributed by atoms with Crippen LogP contribution in [0, 0.1) is 13.8 Å². The van der Waals surface area contributed by atoms with Crippen LogP contribution in [0.15, 0.2) is 24.3 Å². The number of carbonyl (C=O) groups is 1. The number of aromatic nitrogens is 1. The zero-order valence-corrected chi connectivity index (χ0v) is 13.7. The molecule has 3 heteroatoms. The molecule has 1 atom stereocenters. The second kappa shape index (κ2) is 6.07. The van der Waals surface area contributed by atoms with E-state index in [-0.39, 0.29) is 5.91 Å². The number of hydrogen-bond acceptors (Lipinski definition) is 2. The van der Waals surface area contributed by atoms with Crippen molar-refractivity contribution in [3.05, 3.63) is 41.1 Å². The van der Waals surface area contributed by atoms with Crippen molar-refractivity contribution < 1.29 is 4.79 Å². The Labute approximate surface area is 132 Å². The van der Waals surface area contributed by atoms with Crippen LogP contribution in [0.3, 0.4) is 0 Å². The third-order valence-electron chi connectivity index (χ3n) is 4.94. The van der Waals surface area contributed by atoms with E-state index in [4.69, 9.17) is 0 Å². The molecule has 0 spiro atoms. The Hall–Kier alpha value is -1.90. The maximum Gasteiger partial charge on any atom is 0.227 e. The van der Waals surface area contributed by atoms with Crippen molar-refractivity contribution in [1.82, 2.24) is 9.88 Å². The molecule has 0 N–H and O–H groups in total. The predicted molar refractivity (Wildman–Crippen MR) is 89.9 cm³/mol. The van der Waals surface area contributed by atoms with Gasteiger partial charge in [-0.2, -0.15) is 0 Å². The van der Waals surface area contributed by atoms with Crippen LogP contribution in [0.2, 0.25) is 0 Å². The molecule has 1 saturated heterocycles. The minimum Gasteiger partial charge on any atom is -0.340 e. The summed E-state index contributed by atoms with van der Waals surface area (Å²) >= 11 is 0. The number of aryl methyl sites for hydroxylation is 2. The maximum atomic E-state index is 12.7. The van der Waals surface area contributed by atoms with E-state index in [1.165, 1.54) is 12.0 Å². The van der Waals surface area contributed by atoms with E-state index in [1.807, 2.05) is 25.1 Å². The normalized spacial score (nSPS) is 18.7. The Morgan fingerprint density at radius 3 is 2.82 bits per heavy atom. The lowest BCUT2D eigenvalue weighted by Crippen LogP contribution is -2.43. The van der Waals surface area contributed by atoms with Crippen LogP contribution in [0.5, 0.6) is 0 Å². The first-order valence-electron chi connectivity index (χ1n) is 8.22. The van der Waals surface area contributed by atoms with Crippen molar-refractivity contribution in [2.75, 3.05) is 6.54 Å². The molecule has 2 aromatic rings. The molecule has 1 aromatic carbocycles. The monoisotopic (exact) mass is 296 g/mol. The number of carbonyl (C=O) groups excluding carboxylic acids is 1. The highest BCUT2D eigenvalue weighted by atomic mass is 16.2. The topological polar surface area (TPSA) is 33.2 Å². The molecule has 1 unspecified atom stereocenters. The molecular formula is C19H24N2O. The second-order valence-corrected chi connectivity index (χ2v) is 6.43. The molecule has 3 rings (SSSR count). The van der Waals surface area contributed by atoms with Crippen LogP contribution >= 0.6 is 0 Å². The smallest absolute Gasteiger partial charge is 0.227 e. The number of likely N-dealkylation sites (tertiary alicyclic amines) is 1. The lowest BCUT2D eigenvalue weighted by molar-refractivity contribution is -0.133. The van der Waals surface area contributed by atoms with Crippen molar-refractivity contribution in [1.29, 1.82) is 0 Å². The molecule has 1 aliphatic heterocycles. The second-order valence-electron chi connectivity index (χ2n) is 6.43. The van der Waals surface area contributed by atoms with Crippen LogP contribution in [-0.2, 0) is 11.2 Å². The van der Waals surface area contributed by atoms with Gasteiger partial charge in [-0.3, -0.25) is 9.78 Å². The van der Waals surface area contributed by atoms with Gasteiger partial charge in [-0.05, 0) is 57.2 Å². The molecule has 0 bridgehead atoms. The summed E-state index contributed by atoms with van der Waals surface area (Å²) in [7, 11) is 0. The highest BCUT2D eigenvalue weighted by Gasteiger charge is 2.24. The summed E-state index contributed by atoms with van der Waals surface area (Å²) < 4.78 is 0. The van der Waals surface area contributed by atoms with Crippen LogP contribution in [0.4, 0.5) is 0 Å². The van der Waals surface area contributed by atoms with Crippen molar-refractivity contribution in [3.8, 4) is 0 Å². The number of piperidine rings is 1. The van der Waals surface area contributed by atoms with Gasteiger partial charge in [-0.25, -0.2) is 0 Å². The van der Waals surface area contributed by atoms with Gasteiger partial charge in [0.1, 0.15) is 0 Å². The fourth-order valence-electron chi connectivity index (χ4n) is 3.55. The predicted octanol–water partition coefficient (Wildman–Crippen LogP) is 3.80. The average molecular weight is 296 g/mol. The summed E-state index contributed by atoms with van der Waals surface area (Å²) in [6.07, 6.45) is 3.96. The lowest BCUT2D eigenvalue weighted by atomic mass is 9.97.